The normalized spacial score (nSPS) is 14.0. The summed E-state index contributed by atoms with van der Waals surface area (Å²) >= 11 is 0. The number of aliphatic carboxylic acids is 1. The molecule has 1 amide bonds. The van der Waals surface area contributed by atoms with Crippen LogP contribution in [-0.4, -0.2) is 30.8 Å². The summed E-state index contributed by atoms with van der Waals surface area (Å²) in [5, 5.41) is 8.70. The second-order valence-electron chi connectivity index (χ2n) is 4.43. The maximum atomic E-state index is 12.1. The van der Waals surface area contributed by atoms with Gasteiger partial charge in [0.1, 0.15) is 0 Å². The minimum atomic E-state index is -0.986. The van der Waals surface area contributed by atoms with Gasteiger partial charge in [-0.15, -0.1) is 0 Å². The van der Waals surface area contributed by atoms with Crippen LogP contribution in [-0.2, 0) is 9.59 Å². The Kier molecular flexibility index (Phi) is 3.59. The molecular formula is C13H15NO5. The van der Waals surface area contributed by atoms with Gasteiger partial charge in [0.05, 0.1) is 6.42 Å². The van der Waals surface area contributed by atoms with Crippen LogP contribution in [0.15, 0.2) is 18.2 Å². The van der Waals surface area contributed by atoms with E-state index in [1.165, 1.54) is 4.90 Å². The molecule has 2 rings (SSSR count). The van der Waals surface area contributed by atoms with E-state index in [-0.39, 0.29) is 19.1 Å². The molecule has 1 aromatic carbocycles. The molecule has 0 aliphatic carbocycles. The molecule has 1 aliphatic heterocycles. The van der Waals surface area contributed by atoms with Gasteiger partial charge < -0.3 is 19.5 Å². The summed E-state index contributed by atoms with van der Waals surface area (Å²) in [5.74, 6) is -0.583. The predicted molar refractivity (Wildman–Crippen MR) is 67.4 cm³/mol. The second kappa shape index (κ2) is 5.17. The van der Waals surface area contributed by atoms with Crippen LogP contribution in [0.4, 0.5) is 5.69 Å². The molecule has 1 aliphatic rings. The number of carboxylic acid groups (broad SMARTS) is 1. The van der Waals surface area contributed by atoms with Crippen molar-refractivity contribution in [2.75, 3.05) is 18.7 Å². The van der Waals surface area contributed by atoms with Crippen LogP contribution in [0.5, 0.6) is 11.5 Å². The van der Waals surface area contributed by atoms with Crippen molar-refractivity contribution in [1.82, 2.24) is 0 Å². The zero-order valence-electron chi connectivity index (χ0n) is 10.8. The molecule has 6 nitrogen and oxygen atoms in total. The van der Waals surface area contributed by atoms with E-state index in [0.717, 1.165) is 0 Å². The number of carboxylic acids is 1. The van der Waals surface area contributed by atoms with Gasteiger partial charge in [-0.05, 0) is 12.1 Å². The first kappa shape index (κ1) is 13.2. The first-order chi connectivity index (χ1) is 8.99. The molecule has 1 N–H and O–H groups in total. The Morgan fingerprint density at radius 2 is 2.05 bits per heavy atom. The molecular weight excluding hydrogens is 250 g/mol. The van der Waals surface area contributed by atoms with Gasteiger partial charge in [-0.3, -0.25) is 9.59 Å². The zero-order chi connectivity index (χ0) is 14.0. The third kappa shape index (κ3) is 2.78. The largest absolute Gasteiger partial charge is 0.481 e. The van der Waals surface area contributed by atoms with E-state index in [1.807, 2.05) is 0 Å². The van der Waals surface area contributed by atoms with E-state index < -0.39 is 11.9 Å². The quantitative estimate of drug-likeness (QED) is 0.892. The lowest BCUT2D eigenvalue weighted by Gasteiger charge is -2.20. The molecule has 0 saturated heterocycles. The van der Waals surface area contributed by atoms with Crippen molar-refractivity contribution >= 4 is 17.6 Å². The molecule has 19 heavy (non-hydrogen) atoms. The molecule has 1 unspecified atom stereocenters. The Bertz CT molecular complexity index is 514. The highest BCUT2D eigenvalue weighted by Crippen LogP contribution is 2.35. The number of anilines is 1. The number of hydrogen-bond acceptors (Lipinski definition) is 4. The lowest BCUT2D eigenvalue weighted by molar-refractivity contribution is -0.140. The van der Waals surface area contributed by atoms with Gasteiger partial charge in [0, 0.05) is 24.7 Å². The second-order valence-corrected chi connectivity index (χ2v) is 4.43. The van der Waals surface area contributed by atoms with Crippen molar-refractivity contribution < 1.29 is 24.2 Å². The fraction of sp³-hybridized carbons (Fsp3) is 0.385. The Morgan fingerprint density at radius 1 is 1.37 bits per heavy atom. The molecule has 1 atom stereocenters. The fourth-order valence-electron chi connectivity index (χ4n) is 1.90. The van der Waals surface area contributed by atoms with E-state index >= 15 is 0 Å². The molecule has 1 aromatic rings. The molecule has 0 radical (unpaired) electrons. The van der Waals surface area contributed by atoms with Crippen LogP contribution in [0.1, 0.15) is 13.3 Å². The molecule has 0 spiro atoms. The summed E-state index contributed by atoms with van der Waals surface area (Å²) in [4.78, 5) is 24.1. The maximum absolute atomic E-state index is 12.1. The van der Waals surface area contributed by atoms with E-state index in [1.54, 1.807) is 32.2 Å². The van der Waals surface area contributed by atoms with Crippen LogP contribution < -0.4 is 14.4 Å². The zero-order valence-corrected chi connectivity index (χ0v) is 10.8. The van der Waals surface area contributed by atoms with Gasteiger partial charge in [-0.2, -0.15) is 0 Å². The Hall–Kier alpha value is -2.24. The molecule has 102 valence electrons. The topological polar surface area (TPSA) is 76.1 Å². The summed E-state index contributed by atoms with van der Waals surface area (Å²) in [6.07, 6.45) is -0.187. The van der Waals surface area contributed by atoms with Crippen molar-refractivity contribution in [1.29, 1.82) is 0 Å². The van der Waals surface area contributed by atoms with Gasteiger partial charge in [0.15, 0.2) is 11.5 Å². The van der Waals surface area contributed by atoms with E-state index in [9.17, 15) is 9.59 Å². The monoisotopic (exact) mass is 265 g/mol. The van der Waals surface area contributed by atoms with Gasteiger partial charge in [0.25, 0.3) is 0 Å². The van der Waals surface area contributed by atoms with Crippen molar-refractivity contribution in [3.63, 3.8) is 0 Å². The fourth-order valence-corrected chi connectivity index (χ4v) is 1.90. The molecule has 0 bridgehead atoms. The lowest BCUT2D eigenvalue weighted by Crippen LogP contribution is -2.32. The molecule has 0 saturated carbocycles. The van der Waals surface area contributed by atoms with Crippen LogP contribution in [0, 0.1) is 5.92 Å². The molecule has 0 fully saturated rings. The van der Waals surface area contributed by atoms with Crippen molar-refractivity contribution in [2.24, 2.45) is 5.92 Å². The number of amides is 1. The number of carbonyl (C=O) groups is 2. The molecule has 6 heteroatoms. The highest BCUT2D eigenvalue weighted by molar-refractivity contribution is 5.96. The van der Waals surface area contributed by atoms with Gasteiger partial charge >= 0.3 is 5.97 Å². The van der Waals surface area contributed by atoms with Crippen molar-refractivity contribution in [2.45, 2.75) is 13.3 Å². The third-order valence-corrected chi connectivity index (χ3v) is 2.98. The van der Waals surface area contributed by atoms with Gasteiger partial charge in [-0.1, -0.05) is 6.92 Å². The average molecular weight is 265 g/mol. The molecule has 0 aromatic heterocycles. The smallest absolute Gasteiger partial charge is 0.304 e. The number of benzene rings is 1. The van der Waals surface area contributed by atoms with E-state index in [0.29, 0.717) is 17.2 Å². The number of carbonyl (C=O) groups excluding carboxylic acids is 1. The maximum Gasteiger partial charge on any atom is 0.304 e. The summed E-state index contributed by atoms with van der Waals surface area (Å²) in [6.45, 7) is 1.77. The summed E-state index contributed by atoms with van der Waals surface area (Å²) in [7, 11) is 1.61. The highest BCUT2D eigenvalue weighted by Gasteiger charge is 2.23. The average Bonchev–Trinajstić information content (AvgIpc) is 2.83. The SMILES string of the molecule is CC(CC(=O)O)C(=O)N(C)c1ccc2c(c1)OCO2. The minimum absolute atomic E-state index is 0.172. The summed E-state index contributed by atoms with van der Waals surface area (Å²) in [6, 6.07) is 5.16. The number of fused-ring (bicyclic) bond motifs is 1. The highest BCUT2D eigenvalue weighted by atomic mass is 16.7. The van der Waals surface area contributed by atoms with Crippen LogP contribution in [0.3, 0.4) is 0 Å². The third-order valence-electron chi connectivity index (χ3n) is 2.98. The number of rotatable bonds is 4. The Labute approximate surface area is 110 Å². The van der Waals surface area contributed by atoms with Gasteiger partial charge in [0.2, 0.25) is 12.7 Å². The van der Waals surface area contributed by atoms with Crippen LogP contribution in [0.2, 0.25) is 0 Å². The number of nitrogens with zero attached hydrogens (tertiary/aromatic N) is 1. The van der Waals surface area contributed by atoms with Crippen molar-refractivity contribution in [3.05, 3.63) is 18.2 Å². The van der Waals surface area contributed by atoms with Gasteiger partial charge in [-0.25, -0.2) is 0 Å². The Morgan fingerprint density at radius 3 is 2.74 bits per heavy atom. The van der Waals surface area contributed by atoms with E-state index in [2.05, 4.69) is 0 Å². The first-order valence-corrected chi connectivity index (χ1v) is 5.88. The predicted octanol–water partition coefficient (Wildman–Crippen LogP) is 1.49. The first-order valence-electron chi connectivity index (χ1n) is 5.88. The number of ether oxygens (including phenoxy) is 2. The van der Waals surface area contributed by atoms with Crippen molar-refractivity contribution in [3.8, 4) is 11.5 Å². The summed E-state index contributed by atoms with van der Waals surface area (Å²) < 4.78 is 10.4. The van der Waals surface area contributed by atoms with Crippen LogP contribution >= 0.6 is 0 Å². The Balaban J connectivity index is 2.13. The minimum Gasteiger partial charge on any atom is -0.481 e. The summed E-state index contributed by atoms with van der Waals surface area (Å²) in [5.41, 5.74) is 0.645. The standard InChI is InChI=1S/C13H15NO5/c1-8(5-12(15)16)13(17)14(2)9-3-4-10-11(6-9)19-7-18-10/h3-4,6,8H,5,7H2,1-2H3,(H,15,16). The number of hydrogen-bond donors (Lipinski definition) is 1. The molecule has 1 heterocycles. The lowest BCUT2D eigenvalue weighted by atomic mass is 10.1. The van der Waals surface area contributed by atoms with E-state index in [4.69, 9.17) is 14.6 Å². The van der Waals surface area contributed by atoms with Crippen LogP contribution in [0.25, 0.3) is 0 Å².